The number of ketones is 1. The first-order chi connectivity index (χ1) is 12.1. The molecule has 1 heteroatoms. The summed E-state index contributed by atoms with van der Waals surface area (Å²) in [5.74, 6) is 0.937. The van der Waals surface area contributed by atoms with Crippen molar-refractivity contribution < 1.29 is 4.79 Å². The van der Waals surface area contributed by atoms with Gasteiger partial charge in [0.25, 0.3) is 0 Å². The molecule has 2 aliphatic carbocycles. The van der Waals surface area contributed by atoms with Crippen molar-refractivity contribution in [1.29, 1.82) is 0 Å². The van der Waals surface area contributed by atoms with Gasteiger partial charge in [-0.05, 0) is 42.7 Å². The Bertz CT molecular complexity index is 742. The maximum Gasteiger partial charge on any atom is 0.137 e. The van der Waals surface area contributed by atoms with Gasteiger partial charge in [0.15, 0.2) is 0 Å². The van der Waals surface area contributed by atoms with E-state index in [1.807, 2.05) is 0 Å². The molecule has 0 heterocycles. The number of carbonyl (C=O) groups is 1. The lowest BCUT2D eigenvalue weighted by molar-refractivity contribution is -0.118. The molecule has 0 radical (unpaired) electrons. The van der Waals surface area contributed by atoms with E-state index < -0.39 is 0 Å². The van der Waals surface area contributed by atoms with E-state index in [4.69, 9.17) is 0 Å². The van der Waals surface area contributed by atoms with E-state index in [9.17, 15) is 4.79 Å². The van der Waals surface area contributed by atoms with Gasteiger partial charge in [-0.2, -0.15) is 0 Å². The highest BCUT2D eigenvalue weighted by Gasteiger charge is 2.14. The molecule has 0 saturated heterocycles. The standard InChI is InChI=1S/C24H28O/c1-18(2)23-12-10-22(16-23)17-24(25)13-11-20-8-9-21(15-20)14-19-6-4-3-5-7-19/h3-9,12,16,18H,10-11,13-15,17H2,1-2H3. The van der Waals surface area contributed by atoms with E-state index in [-0.39, 0.29) is 0 Å². The lowest BCUT2D eigenvalue weighted by Crippen LogP contribution is -2.00. The van der Waals surface area contributed by atoms with Crippen molar-refractivity contribution >= 4 is 5.78 Å². The Labute approximate surface area is 151 Å². The van der Waals surface area contributed by atoms with Crippen LogP contribution in [0.1, 0.15) is 51.5 Å². The van der Waals surface area contributed by atoms with Gasteiger partial charge in [0.05, 0.1) is 0 Å². The molecule has 0 fully saturated rings. The van der Waals surface area contributed by atoms with Crippen molar-refractivity contribution in [3.05, 3.63) is 82.5 Å². The topological polar surface area (TPSA) is 17.1 Å². The molecule has 0 saturated carbocycles. The normalized spacial score (nSPS) is 16.6. The average Bonchev–Trinajstić information content (AvgIpc) is 3.23. The molecule has 0 unspecified atom stereocenters. The van der Waals surface area contributed by atoms with Crippen molar-refractivity contribution in [3.8, 4) is 0 Å². The lowest BCUT2D eigenvalue weighted by Gasteiger charge is -2.06. The van der Waals surface area contributed by atoms with Crippen molar-refractivity contribution in [2.24, 2.45) is 5.92 Å². The van der Waals surface area contributed by atoms with E-state index in [0.717, 1.165) is 25.7 Å². The van der Waals surface area contributed by atoms with E-state index in [1.54, 1.807) is 0 Å². The Balaban J connectivity index is 1.39. The Morgan fingerprint density at radius 2 is 1.80 bits per heavy atom. The Morgan fingerprint density at radius 1 is 1.04 bits per heavy atom. The van der Waals surface area contributed by atoms with Gasteiger partial charge in [-0.25, -0.2) is 0 Å². The SMILES string of the molecule is CC(C)C1=CCC(CC(=O)CCC2=CC=C(Cc3ccccc3)C2)=C1. The maximum absolute atomic E-state index is 12.3. The molecule has 0 N–H and O–H groups in total. The summed E-state index contributed by atoms with van der Waals surface area (Å²) in [6.07, 6.45) is 14.2. The van der Waals surface area contributed by atoms with Crippen molar-refractivity contribution in [3.63, 3.8) is 0 Å². The molecular weight excluding hydrogens is 304 g/mol. The number of allylic oxidation sites excluding steroid dienone is 8. The second kappa shape index (κ2) is 8.29. The quantitative estimate of drug-likeness (QED) is 0.559. The molecule has 130 valence electrons. The molecule has 0 amide bonds. The van der Waals surface area contributed by atoms with Crippen LogP contribution < -0.4 is 0 Å². The fourth-order valence-corrected chi connectivity index (χ4v) is 3.57. The van der Waals surface area contributed by atoms with Crippen molar-refractivity contribution in [2.45, 2.75) is 52.4 Å². The summed E-state index contributed by atoms with van der Waals surface area (Å²) >= 11 is 0. The van der Waals surface area contributed by atoms with Gasteiger partial charge in [-0.15, -0.1) is 0 Å². The summed E-state index contributed by atoms with van der Waals surface area (Å²) in [4.78, 5) is 12.3. The summed E-state index contributed by atoms with van der Waals surface area (Å²) < 4.78 is 0. The number of hydrogen-bond donors (Lipinski definition) is 0. The van der Waals surface area contributed by atoms with Crippen molar-refractivity contribution in [1.82, 2.24) is 0 Å². The fourth-order valence-electron chi connectivity index (χ4n) is 3.57. The van der Waals surface area contributed by atoms with Crippen LogP contribution in [0.5, 0.6) is 0 Å². The third-order valence-corrected chi connectivity index (χ3v) is 5.07. The van der Waals surface area contributed by atoms with Gasteiger partial charge in [-0.1, -0.05) is 85.2 Å². The maximum atomic E-state index is 12.3. The molecule has 3 rings (SSSR count). The second-order valence-electron chi connectivity index (χ2n) is 7.57. The first-order valence-electron chi connectivity index (χ1n) is 9.43. The van der Waals surface area contributed by atoms with Crippen LogP contribution in [0.25, 0.3) is 0 Å². The molecule has 2 aliphatic rings. The van der Waals surface area contributed by atoms with E-state index in [1.165, 1.54) is 27.9 Å². The first-order valence-corrected chi connectivity index (χ1v) is 9.43. The molecule has 0 aliphatic heterocycles. The minimum Gasteiger partial charge on any atom is -0.299 e. The molecule has 0 bridgehead atoms. The monoisotopic (exact) mass is 332 g/mol. The van der Waals surface area contributed by atoms with Crippen LogP contribution in [0.4, 0.5) is 0 Å². The van der Waals surface area contributed by atoms with E-state index >= 15 is 0 Å². The summed E-state index contributed by atoms with van der Waals surface area (Å²) in [7, 11) is 0. The summed E-state index contributed by atoms with van der Waals surface area (Å²) in [6, 6.07) is 10.6. The summed E-state index contributed by atoms with van der Waals surface area (Å²) in [6.45, 7) is 4.42. The minimum absolute atomic E-state index is 0.377. The van der Waals surface area contributed by atoms with Crippen LogP contribution in [0.3, 0.4) is 0 Å². The first kappa shape index (κ1) is 17.7. The zero-order valence-electron chi connectivity index (χ0n) is 15.4. The fraction of sp³-hybridized carbons (Fsp3) is 0.375. The van der Waals surface area contributed by atoms with Crippen LogP contribution in [0.2, 0.25) is 0 Å². The number of hydrogen-bond acceptors (Lipinski definition) is 1. The van der Waals surface area contributed by atoms with Gasteiger partial charge in [0.1, 0.15) is 5.78 Å². The van der Waals surface area contributed by atoms with E-state index in [0.29, 0.717) is 24.5 Å². The number of rotatable bonds is 8. The van der Waals surface area contributed by atoms with E-state index in [2.05, 4.69) is 68.5 Å². The predicted molar refractivity (Wildman–Crippen MR) is 105 cm³/mol. The highest BCUT2D eigenvalue weighted by Crippen LogP contribution is 2.28. The molecule has 0 spiro atoms. The van der Waals surface area contributed by atoms with Crippen LogP contribution in [-0.2, 0) is 11.2 Å². The molecule has 25 heavy (non-hydrogen) atoms. The molecule has 0 aromatic heterocycles. The highest BCUT2D eigenvalue weighted by molar-refractivity contribution is 5.81. The third kappa shape index (κ3) is 5.16. The smallest absolute Gasteiger partial charge is 0.137 e. The summed E-state index contributed by atoms with van der Waals surface area (Å²) in [5, 5.41) is 0. The van der Waals surface area contributed by atoms with Crippen LogP contribution in [0, 0.1) is 5.92 Å². The average molecular weight is 332 g/mol. The van der Waals surface area contributed by atoms with Gasteiger partial charge < -0.3 is 0 Å². The van der Waals surface area contributed by atoms with Gasteiger partial charge in [-0.3, -0.25) is 4.79 Å². The molecule has 1 aromatic carbocycles. The van der Waals surface area contributed by atoms with Crippen LogP contribution in [0.15, 0.2) is 76.9 Å². The Kier molecular flexibility index (Phi) is 5.86. The van der Waals surface area contributed by atoms with Crippen molar-refractivity contribution in [2.75, 3.05) is 0 Å². The second-order valence-corrected chi connectivity index (χ2v) is 7.57. The largest absolute Gasteiger partial charge is 0.299 e. The Hall–Kier alpha value is -2.15. The molecule has 1 aromatic rings. The number of carbonyl (C=O) groups excluding carboxylic acids is 1. The van der Waals surface area contributed by atoms with Crippen LogP contribution in [-0.4, -0.2) is 5.78 Å². The zero-order valence-corrected chi connectivity index (χ0v) is 15.4. The number of benzene rings is 1. The number of Topliss-reactive ketones (excluding diaryl/α,β-unsaturated/α-hetero) is 1. The zero-order chi connectivity index (χ0) is 17.6. The Morgan fingerprint density at radius 3 is 2.52 bits per heavy atom. The van der Waals surface area contributed by atoms with Gasteiger partial charge >= 0.3 is 0 Å². The summed E-state index contributed by atoms with van der Waals surface area (Å²) in [5.41, 5.74) is 6.90. The predicted octanol–water partition coefficient (Wildman–Crippen LogP) is 6.14. The van der Waals surface area contributed by atoms with Crippen LogP contribution >= 0.6 is 0 Å². The molecule has 1 nitrogen and oxygen atoms in total. The molecular formula is C24H28O. The highest BCUT2D eigenvalue weighted by atomic mass is 16.1. The lowest BCUT2D eigenvalue weighted by atomic mass is 9.98. The minimum atomic E-state index is 0.377. The van der Waals surface area contributed by atoms with Gasteiger partial charge in [0.2, 0.25) is 0 Å². The third-order valence-electron chi connectivity index (χ3n) is 5.07. The molecule has 0 atom stereocenters. The van der Waals surface area contributed by atoms with Gasteiger partial charge in [0, 0.05) is 12.8 Å².